The topological polar surface area (TPSA) is 76.7 Å². The number of fused-ring (bicyclic) bond motifs is 1. The number of halogens is 1. The zero-order chi connectivity index (χ0) is 15.5. The van der Waals surface area contributed by atoms with Gasteiger partial charge in [-0.2, -0.15) is 0 Å². The van der Waals surface area contributed by atoms with Crippen LogP contribution in [0.1, 0.15) is 0 Å². The lowest BCUT2D eigenvalue weighted by Gasteiger charge is -2.08. The Morgan fingerprint density at radius 2 is 1.68 bits per heavy atom. The van der Waals surface area contributed by atoms with E-state index in [0.717, 1.165) is 0 Å². The van der Waals surface area contributed by atoms with Crippen molar-refractivity contribution in [3.63, 3.8) is 0 Å². The monoisotopic (exact) mass is 318 g/mol. The molecule has 6 nitrogen and oxygen atoms in total. The van der Waals surface area contributed by atoms with Gasteiger partial charge in [-0.05, 0) is 24.3 Å². The second kappa shape index (κ2) is 5.95. The van der Waals surface area contributed by atoms with Gasteiger partial charge in [-0.15, -0.1) is 0 Å². The highest BCUT2D eigenvalue weighted by atomic mass is 35.5. The van der Waals surface area contributed by atoms with E-state index in [1.165, 1.54) is 0 Å². The highest BCUT2D eigenvalue weighted by molar-refractivity contribution is 6.44. The first-order valence-electron chi connectivity index (χ1n) is 6.40. The molecule has 1 heterocycles. The fraction of sp³-hybridized carbons (Fsp3) is 0.0667. The number of hydrogen-bond donors (Lipinski definition) is 2. The third kappa shape index (κ3) is 2.96. The molecule has 0 saturated carbocycles. The van der Waals surface area contributed by atoms with Crippen LogP contribution >= 0.6 is 11.6 Å². The van der Waals surface area contributed by atoms with Gasteiger partial charge in [-0.25, -0.2) is 0 Å². The Morgan fingerprint density at radius 3 is 2.50 bits per heavy atom. The van der Waals surface area contributed by atoms with Crippen molar-refractivity contribution in [1.82, 2.24) is 0 Å². The van der Waals surface area contributed by atoms with Gasteiger partial charge in [0.2, 0.25) is 6.79 Å². The lowest BCUT2D eigenvalue weighted by Crippen LogP contribution is -2.29. The summed E-state index contributed by atoms with van der Waals surface area (Å²) in [4.78, 5) is 23.8. The zero-order valence-electron chi connectivity index (χ0n) is 11.3. The van der Waals surface area contributed by atoms with Crippen LogP contribution in [-0.4, -0.2) is 18.6 Å². The molecule has 0 radical (unpaired) electrons. The van der Waals surface area contributed by atoms with E-state index < -0.39 is 11.8 Å². The van der Waals surface area contributed by atoms with Crippen molar-refractivity contribution in [1.29, 1.82) is 0 Å². The standard InChI is InChI=1S/C15H11ClN2O4/c16-10-3-1-2-4-11(10)18-15(20)14(19)17-9-5-6-12-13(7-9)22-8-21-12/h1-7H,8H2,(H,17,19)(H,18,20). The van der Waals surface area contributed by atoms with Crippen molar-refractivity contribution in [3.8, 4) is 11.5 Å². The molecule has 2 aromatic rings. The molecule has 22 heavy (non-hydrogen) atoms. The molecule has 3 rings (SSSR count). The van der Waals surface area contributed by atoms with Gasteiger partial charge in [0.05, 0.1) is 10.7 Å². The maximum Gasteiger partial charge on any atom is 0.314 e. The fourth-order valence-corrected chi connectivity index (χ4v) is 2.09. The average molecular weight is 319 g/mol. The van der Waals surface area contributed by atoms with Crippen LogP contribution in [0.25, 0.3) is 0 Å². The van der Waals surface area contributed by atoms with Gasteiger partial charge in [-0.3, -0.25) is 9.59 Å². The molecule has 2 amide bonds. The smallest absolute Gasteiger partial charge is 0.314 e. The SMILES string of the molecule is O=C(Nc1ccc2c(c1)OCO2)C(=O)Nc1ccccc1Cl. The summed E-state index contributed by atoms with van der Waals surface area (Å²) in [5, 5.41) is 5.28. The summed E-state index contributed by atoms with van der Waals surface area (Å²) in [6.45, 7) is 0.139. The van der Waals surface area contributed by atoms with Crippen LogP contribution in [0.4, 0.5) is 11.4 Å². The molecule has 1 aliphatic heterocycles. The van der Waals surface area contributed by atoms with E-state index >= 15 is 0 Å². The van der Waals surface area contributed by atoms with Gasteiger partial charge in [-0.1, -0.05) is 23.7 Å². The van der Waals surface area contributed by atoms with E-state index in [9.17, 15) is 9.59 Å². The zero-order valence-corrected chi connectivity index (χ0v) is 12.0. The number of amides is 2. The maximum absolute atomic E-state index is 11.9. The van der Waals surface area contributed by atoms with Gasteiger partial charge in [0.1, 0.15) is 0 Å². The summed E-state index contributed by atoms with van der Waals surface area (Å²) in [5.74, 6) is -0.507. The lowest BCUT2D eigenvalue weighted by atomic mass is 10.2. The number of hydrogen-bond acceptors (Lipinski definition) is 4. The van der Waals surface area contributed by atoms with Crippen LogP contribution in [0.15, 0.2) is 42.5 Å². The van der Waals surface area contributed by atoms with Crippen molar-refractivity contribution in [2.75, 3.05) is 17.4 Å². The molecule has 0 unspecified atom stereocenters. The molecule has 2 N–H and O–H groups in total. The molecule has 1 aliphatic rings. The number of anilines is 2. The molecule has 0 bridgehead atoms. The minimum atomic E-state index is -0.814. The number of nitrogens with one attached hydrogen (secondary N) is 2. The number of benzene rings is 2. The van der Waals surface area contributed by atoms with E-state index in [2.05, 4.69) is 10.6 Å². The second-order valence-electron chi connectivity index (χ2n) is 4.46. The van der Waals surface area contributed by atoms with E-state index in [1.54, 1.807) is 42.5 Å². The van der Waals surface area contributed by atoms with Crippen LogP contribution in [0.3, 0.4) is 0 Å². The number of ether oxygens (including phenoxy) is 2. The van der Waals surface area contributed by atoms with E-state index in [1.807, 2.05) is 0 Å². The van der Waals surface area contributed by atoms with Gasteiger partial charge in [0.25, 0.3) is 0 Å². The Bertz CT molecular complexity index is 748. The Labute approximate surface area is 131 Å². The largest absolute Gasteiger partial charge is 0.454 e. The second-order valence-corrected chi connectivity index (χ2v) is 4.86. The molecular formula is C15H11ClN2O4. The number of para-hydroxylation sites is 1. The molecule has 0 spiro atoms. The Morgan fingerprint density at radius 1 is 0.955 bits per heavy atom. The summed E-state index contributed by atoms with van der Waals surface area (Å²) >= 11 is 5.92. The molecule has 0 saturated heterocycles. The molecule has 0 atom stereocenters. The fourth-order valence-electron chi connectivity index (χ4n) is 1.90. The number of carbonyl (C=O) groups is 2. The average Bonchev–Trinajstić information content (AvgIpc) is 2.97. The Hall–Kier alpha value is -2.73. The van der Waals surface area contributed by atoms with Crippen LogP contribution < -0.4 is 20.1 Å². The molecular weight excluding hydrogens is 308 g/mol. The van der Waals surface area contributed by atoms with Crippen molar-refractivity contribution < 1.29 is 19.1 Å². The minimum absolute atomic E-state index is 0.139. The number of carbonyl (C=O) groups excluding carboxylic acids is 2. The Balaban J connectivity index is 1.67. The third-order valence-electron chi connectivity index (χ3n) is 2.96. The van der Waals surface area contributed by atoms with E-state index in [4.69, 9.17) is 21.1 Å². The van der Waals surface area contributed by atoms with E-state index in [-0.39, 0.29) is 6.79 Å². The third-order valence-corrected chi connectivity index (χ3v) is 3.29. The number of rotatable bonds is 2. The summed E-state index contributed by atoms with van der Waals surface area (Å²) in [7, 11) is 0. The van der Waals surface area contributed by atoms with Crippen molar-refractivity contribution >= 4 is 34.8 Å². The Kier molecular flexibility index (Phi) is 3.84. The highest BCUT2D eigenvalue weighted by Gasteiger charge is 2.18. The maximum atomic E-state index is 11.9. The minimum Gasteiger partial charge on any atom is -0.454 e. The summed E-state index contributed by atoms with van der Waals surface area (Å²) in [6, 6.07) is 11.5. The van der Waals surface area contributed by atoms with Gasteiger partial charge >= 0.3 is 11.8 Å². The molecule has 0 fully saturated rings. The summed E-state index contributed by atoms with van der Waals surface area (Å²) in [5.41, 5.74) is 0.804. The van der Waals surface area contributed by atoms with Crippen LogP contribution in [0, 0.1) is 0 Å². The molecule has 112 valence electrons. The lowest BCUT2D eigenvalue weighted by molar-refractivity contribution is -0.132. The first-order chi connectivity index (χ1) is 10.6. The predicted octanol–water partition coefficient (Wildman–Crippen LogP) is 2.65. The van der Waals surface area contributed by atoms with Crippen LogP contribution in [0.2, 0.25) is 5.02 Å². The van der Waals surface area contributed by atoms with Crippen LogP contribution in [-0.2, 0) is 9.59 Å². The van der Waals surface area contributed by atoms with Gasteiger partial charge in [0, 0.05) is 11.8 Å². The van der Waals surface area contributed by atoms with Crippen LogP contribution in [0.5, 0.6) is 11.5 Å². The first-order valence-corrected chi connectivity index (χ1v) is 6.78. The molecule has 0 aromatic heterocycles. The van der Waals surface area contributed by atoms with Crippen molar-refractivity contribution in [2.24, 2.45) is 0 Å². The summed E-state index contributed by atoms with van der Waals surface area (Å²) < 4.78 is 10.4. The van der Waals surface area contributed by atoms with Crippen molar-refractivity contribution in [2.45, 2.75) is 0 Å². The summed E-state index contributed by atoms with van der Waals surface area (Å²) in [6.07, 6.45) is 0. The van der Waals surface area contributed by atoms with Gasteiger partial charge < -0.3 is 20.1 Å². The molecule has 7 heteroatoms. The quantitative estimate of drug-likeness (QED) is 0.835. The van der Waals surface area contributed by atoms with E-state index in [0.29, 0.717) is 27.9 Å². The van der Waals surface area contributed by atoms with Crippen molar-refractivity contribution in [3.05, 3.63) is 47.5 Å². The highest BCUT2D eigenvalue weighted by Crippen LogP contribution is 2.34. The van der Waals surface area contributed by atoms with Gasteiger partial charge in [0.15, 0.2) is 11.5 Å². The molecule has 0 aliphatic carbocycles. The normalized spacial score (nSPS) is 11.9. The predicted molar refractivity (Wildman–Crippen MR) is 81.3 cm³/mol. The molecule has 2 aromatic carbocycles. The first kappa shape index (κ1) is 14.2.